The maximum Gasteiger partial charge on any atom is 0.00965 e. The smallest absolute Gasteiger partial charge is 0.00965 e. The predicted octanol–water partition coefficient (Wildman–Crippen LogP) is 3.96. The number of hydrogen-bond donors (Lipinski definition) is 2. The largest absolute Gasteiger partial charge is 0.316 e. The first-order valence-corrected chi connectivity index (χ1v) is 8.29. The molecule has 2 heteroatoms. The fraction of sp³-hybridized carbons (Fsp3) is 1.00. The van der Waals surface area contributed by atoms with Gasteiger partial charge in [0.15, 0.2) is 0 Å². The first-order chi connectivity index (χ1) is 8.83. The van der Waals surface area contributed by atoms with E-state index >= 15 is 0 Å². The van der Waals surface area contributed by atoms with Crippen molar-refractivity contribution < 1.29 is 0 Å². The van der Waals surface area contributed by atoms with E-state index in [-0.39, 0.29) is 5.54 Å². The lowest BCUT2D eigenvalue weighted by molar-refractivity contribution is 0.224. The van der Waals surface area contributed by atoms with Crippen LogP contribution in [0.4, 0.5) is 0 Å². The van der Waals surface area contributed by atoms with E-state index in [2.05, 4.69) is 45.3 Å². The van der Waals surface area contributed by atoms with E-state index in [0.717, 1.165) is 19.0 Å². The van der Waals surface area contributed by atoms with Gasteiger partial charge in [0.25, 0.3) is 0 Å². The summed E-state index contributed by atoms with van der Waals surface area (Å²) in [7, 11) is 0. The third-order valence-electron chi connectivity index (χ3n) is 4.19. The van der Waals surface area contributed by atoms with Crippen molar-refractivity contribution in [3.05, 3.63) is 0 Å². The van der Waals surface area contributed by atoms with Crippen LogP contribution in [-0.2, 0) is 0 Å². The average molecular weight is 268 g/mol. The summed E-state index contributed by atoms with van der Waals surface area (Å²) in [5.41, 5.74) is 0.871. The van der Waals surface area contributed by atoms with Crippen molar-refractivity contribution in [2.24, 2.45) is 11.3 Å². The molecule has 0 aromatic rings. The fourth-order valence-electron chi connectivity index (χ4n) is 3.47. The highest BCUT2D eigenvalue weighted by Crippen LogP contribution is 2.42. The summed E-state index contributed by atoms with van der Waals surface area (Å²) in [6.45, 7) is 14.9. The Morgan fingerprint density at radius 3 is 2.21 bits per heavy atom. The van der Waals surface area contributed by atoms with Crippen LogP contribution in [0.2, 0.25) is 0 Å². The molecular weight excluding hydrogens is 232 g/mol. The Morgan fingerprint density at radius 1 is 1.05 bits per heavy atom. The van der Waals surface area contributed by atoms with Gasteiger partial charge in [0.05, 0.1) is 0 Å². The lowest BCUT2D eigenvalue weighted by Gasteiger charge is -2.31. The van der Waals surface area contributed by atoms with E-state index in [4.69, 9.17) is 0 Å². The fourth-order valence-corrected chi connectivity index (χ4v) is 3.47. The third-order valence-corrected chi connectivity index (χ3v) is 4.19. The Morgan fingerprint density at radius 2 is 1.68 bits per heavy atom. The van der Waals surface area contributed by atoms with Crippen LogP contribution in [0.3, 0.4) is 0 Å². The van der Waals surface area contributed by atoms with Gasteiger partial charge in [-0.15, -0.1) is 0 Å². The second-order valence-corrected chi connectivity index (χ2v) is 8.01. The van der Waals surface area contributed by atoms with E-state index in [9.17, 15) is 0 Å². The van der Waals surface area contributed by atoms with Gasteiger partial charge in [0, 0.05) is 12.1 Å². The highest BCUT2D eigenvalue weighted by atomic mass is 15.0. The Balaban J connectivity index is 2.15. The summed E-state index contributed by atoms with van der Waals surface area (Å²) in [5, 5.41) is 7.27. The number of nitrogens with one attached hydrogen (secondary N) is 2. The lowest BCUT2D eigenvalue weighted by atomic mass is 9.78. The summed E-state index contributed by atoms with van der Waals surface area (Å²) in [6.07, 6.45) is 8.41. The molecule has 0 spiro atoms. The van der Waals surface area contributed by atoms with E-state index in [1.807, 2.05) is 0 Å². The molecule has 0 heterocycles. The molecule has 0 unspecified atom stereocenters. The van der Waals surface area contributed by atoms with E-state index < -0.39 is 0 Å². The third kappa shape index (κ3) is 7.31. The molecule has 2 nitrogen and oxygen atoms in total. The van der Waals surface area contributed by atoms with Crippen molar-refractivity contribution in [3.8, 4) is 0 Å². The lowest BCUT2D eigenvalue weighted by Crippen LogP contribution is -2.38. The SMILES string of the molecule is CC(C)CC1(CNCCCNC(C)(C)C)CCCC1. The summed E-state index contributed by atoms with van der Waals surface area (Å²) < 4.78 is 0. The Hall–Kier alpha value is -0.0800. The molecule has 0 bridgehead atoms. The molecule has 114 valence electrons. The zero-order chi connectivity index (χ0) is 14.4. The van der Waals surface area contributed by atoms with Gasteiger partial charge in [-0.05, 0) is 70.9 Å². The molecule has 2 N–H and O–H groups in total. The van der Waals surface area contributed by atoms with Crippen LogP contribution in [0.25, 0.3) is 0 Å². The zero-order valence-corrected chi connectivity index (χ0v) is 13.9. The topological polar surface area (TPSA) is 24.1 Å². The standard InChI is InChI=1S/C17H36N2/c1-15(2)13-17(9-6-7-10-17)14-18-11-8-12-19-16(3,4)5/h15,18-19H,6-14H2,1-5H3. The van der Waals surface area contributed by atoms with Crippen LogP contribution in [0.5, 0.6) is 0 Å². The van der Waals surface area contributed by atoms with Crippen molar-refractivity contribution in [1.82, 2.24) is 10.6 Å². The monoisotopic (exact) mass is 268 g/mol. The molecule has 0 aromatic heterocycles. The maximum atomic E-state index is 3.72. The highest BCUT2D eigenvalue weighted by Gasteiger charge is 2.33. The van der Waals surface area contributed by atoms with E-state index in [1.54, 1.807) is 0 Å². The van der Waals surface area contributed by atoms with Crippen molar-refractivity contribution in [2.45, 2.75) is 78.7 Å². The normalized spacial score (nSPS) is 19.3. The molecule has 0 radical (unpaired) electrons. The Kier molecular flexibility index (Phi) is 6.82. The van der Waals surface area contributed by atoms with Crippen LogP contribution < -0.4 is 10.6 Å². The van der Waals surface area contributed by atoms with Crippen LogP contribution in [0, 0.1) is 11.3 Å². The van der Waals surface area contributed by atoms with E-state index in [0.29, 0.717) is 5.41 Å². The van der Waals surface area contributed by atoms with Crippen molar-refractivity contribution in [3.63, 3.8) is 0 Å². The molecule has 19 heavy (non-hydrogen) atoms. The molecule has 0 aromatic carbocycles. The minimum atomic E-state index is 0.254. The van der Waals surface area contributed by atoms with Crippen molar-refractivity contribution in [2.75, 3.05) is 19.6 Å². The summed E-state index contributed by atoms with van der Waals surface area (Å²) in [6, 6.07) is 0. The minimum absolute atomic E-state index is 0.254. The predicted molar refractivity (Wildman–Crippen MR) is 85.6 cm³/mol. The van der Waals surface area contributed by atoms with Gasteiger partial charge in [-0.2, -0.15) is 0 Å². The van der Waals surface area contributed by atoms with Gasteiger partial charge in [-0.1, -0.05) is 26.7 Å². The van der Waals surface area contributed by atoms with Gasteiger partial charge in [0.2, 0.25) is 0 Å². The minimum Gasteiger partial charge on any atom is -0.316 e. The molecule has 0 aliphatic heterocycles. The van der Waals surface area contributed by atoms with Crippen LogP contribution in [0.15, 0.2) is 0 Å². The first kappa shape index (κ1) is 17.0. The van der Waals surface area contributed by atoms with Gasteiger partial charge >= 0.3 is 0 Å². The number of hydrogen-bond acceptors (Lipinski definition) is 2. The maximum absolute atomic E-state index is 3.72. The van der Waals surface area contributed by atoms with Crippen LogP contribution in [0.1, 0.15) is 73.1 Å². The van der Waals surface area contributed by atoms with Gasteiger partial charge in [-0.3, -0.25) is 0 Å². The molecule has 1 fully saturated rings. The molecule has 0 saturated heterocycles. The number of rotatable bonds is 8. The molecule has 1 aliphatic carbocycles. The van der Waals surface area contributed by atoms with Crippen molar-refractivity contribution in [1.29, 1.82) is 0 Å². The summed E-state index contributed by atoms with van der Waals surface area (Å²) >= 11 is 0. The second-order valence-electron chi connectivity index (χ2n) is 8.01. The zero-order valence-electron chi connectivity index (χ0n) is 13.9. The highest BCUT2D eigenvalue weighted by molar-refractivity contribution is 4.87. The quantitative estimate of drug-likeness (QED) is 0.651. The average Bonchev–Trinajstić information content (AvgIpc) is 2.69. The molecule has 1 rings (SSSR count). The second kappa shape index (κ2) is 7.64. The molecule has 0 atom stereocenters. The molecule has 1 aliphatic rings. The van der Waals surface area contributed by atoms with Crippen molar-refractivity contribution >= 4 is 0 Å². The van der Waals surface area contributed by atoms with Crippen LogP contribution >= 0.6 is 0 Å². The summed E-state index contributed by atoms with van der Waals surface area (Å²) in [5.74, 6) is 0.836. The Labute approximate surface area is 121 Å². The molecular formula is C17H36N2. The molecule has 1 saturated carbocycles. The van der Waals surface area contributed by atoms with Gasteiger partial charge in [0.1, 0.15) is 0 Å². The van der Waals surface area contributed by atoms with Gasteiger partial charge < -0.3 is 10.6 Å². The van der Waals surface area contributed by atoms with Gasteiger partial charge in [-0.25, -0.2) is 0 Å². The summed E-state index contributed by atoms with van der Waals surface area (Å²) in [4.78, 5) is 0. The molecule has 0 amide bonds. The van der Waals surface area contributed by atoms with E-state index in [1.165, 1.54) is 45.1 Å². The first-order valence-electron chi connectivity index (χ1n) is 8.29. The Bertz CT molecular complexity index is 234. The van der Waals surface area contributed by atoms with Crippen LogP contribution in [-0.4, -0.2) is 25.2 Å².